The van der Waals surface area contributed by atoms with Crippen molar-refractivity contribution >= 4 is 17.5 Å². The van der Waals surface area contributed by atoms with Crippen LogP contribution in [0.1, 0.15) is 6.92 Å². The molecule has 6 heteroatoms. The van der Waals surface area contributed by atoms with Crippen LogP contribution < -0.4 is 9.64 Å². The lowest BCUT2D eigenvalue weighted by Gasteiger charge is -2.37. The van der Waals surface area contributed by atoms with Gasteiger partial charge in [-0.25, -0.2) is 0 Å². The number of nitrogens with zero attached hydrogens (tertiary/aromatic N) is 3. The van der Waals surface area contributed by atoms with Gasteiger partial charge in [-0.1, -0.05) is 0 Å². The number of methoxy groups -OCH3 is 1. The summed E-state index contributed by atoms with van der Waals surface area (Å²) in [6.45, 7) is 3.36. The summed E-state index contributed by atoms with van der Waals surface area (Å²) in [7, 11) is 5.07. The van der Waals surface area contributed by atoms with Crippen LogP contribution >= 0.6 is 0 Å². The molecule has 0 N–H and O–H groups in total. The quantitative estimate of drug-likeness (QED) is 0.826. The SMILES string of the molecule is COc1ccc(N2CCN(C(C)C(=O)N(C)C)CC2=O)cc1. The molecule has 22 heavy (non-hydrogen) atoms. The Morgan fingerprint density at radius 1 is 1.23 bits per heavy atom. The first-order chi connectivity index (χ1) is 10.4. The fourth-order valence-corrected chi connectivity index (χ4v) is 2.59. The van der Waals surface area contributed by atoms with Gasteiger partial charge in [-0.05, 0) is 31.2 Å². The smallest absolute Gasteiger partial charge is 0.241 e. The van der Waals surface area contributed by atoms with E-state index in [0.29, 0.717) is 13.1 Å². The number of amides is 2. The van der Waals surface area contributed by atoms with Crippen LogP contribution in [-0.2, 0) is 9.59 Å². The molecule has 1 atom stereocenters. The van der Waals surface area contributed by atoms with Crippen LogP contribution in [0.25, 0.3) is 0 Å². The second kappa shape index (κ2) is 6.79. The zero-order valence-corrected chi connectivity index (χ0v) is 13.6. The van der Waals surface area contributed by atoms with Crippen molar-refractivity contribution in [1.29, 1.82) is 0 Å². The van der Waals surface area contributed by atoms with E-state index in [9.17, 15) is 9.59 Å². The molecule has 0 spiro atoms. The minimum atomic E-state index is -0.281. The first kappa shape index (κ1) is 16.3. The van der Waals surface area contributed by atoms with Crippen LogP contribution in [0.15, 0.2) is 24.3 Å². The van der Waals surface area contributed by atoms with Gasteiger partial charge in [0.1, 0.15) is 5.75 Å². The maximum absolute atomic E-state index is 12.4. The van der Waals surface area contributed by atoms with E-state index in [1.54, 1.807) is 31.0 Å². The van der Waals surface area contributed by atoms with Crippen LogP contribution in [0, 0.1) is 0 Å². The first-order valence-electron chi connectivity index (χ1n) is 7.33. The lowest BCUT2D eigenvalue weighted by Crippen LogP contribution is -2.56. The number of rotatable bonds is 4. The van der Waals surface area contributed by atoms with E-state index < -0.39 is 0 Å². The summed E-state index contributed by atoms with van der Waals surface area (Å²) in [5.74, 6) is 0.792. The van der Waals surface area contributed by atoms with Crippen molar-refractivity contribution in [3.05, 3.63) is 24.3 Å². The molecule has 1 aromatic carbocycles. The molecule has 0 aliphatic carbocycles. The van der Waals surface area contributed by atoms with Crippen LogP contribution in [-0.4, -0.2) is 68.5 Å². The average molecular weight is 305 g/mol. The third-order valence-corrected chi connectivity index (χ3v) is 3.98. The molecule has 1 heterocycles. The highest BCUT2D eigenvalue weighted by molar-refractivity contribution is 5.96. The van der Waals surface area contributed by atoms with Gasteiger partial charge in [-0.2, -0.15) is 0 Å². The Morgan fingerprint density at radius 3 is 2.36 bits per heavy atom. The predicted molar refractivity (Wildman–Crippen MR) is 85.1 cm³/mol. The molecular formula is C16H23N3O3. The molecule has 0 bridgehead atoms. The molecule has 6 nitrogen and oxygen atoms in total. The first-order valence-corrected chi connectivity index (χ1v) is 7.33. The summed E-state index contributed by atoms with van der Waals surface area (Å²) in [6.07, 6.45) is 0. The van der Waals surface area contributed by atoms with Gasteiger partial charge in [0, 0.05) is 32.9 Å². The summed E-state index contributed by atoms with van der Waals surface area (Å²) in [5.41, 5.74) is 0.858. The fraction of sp³-hybridized carbons (Fsp3) is 0.500. The lowest BCUT2D eigenvalue weighted by molar-refractivity contribution is -0.135. The number of hydrogen-bond donors (Lipinski definition) is 0. The van der Waals surface area contributed by atoms with E-state index in [2.05, 4.69) is 0 Å². The van der Waals surface area contributed by atoms with Gasteiger partial charge in [0.25, 0.3) is 0 Å². The molecule has 1 fully saturated rings. The van der Waals surface area contributed by atoms with Crippen LogP contribution in [0.5, 0.6) is 5.75 Å². The highest BCUT2D eigenvalue weighted by Gasteiger charge is 2.31. The summed E-state index contributed by atoms with van der Waals surface area (Å²) in [4.78, 5) is 29.6. The lowest BCUT2D eigenvalue weighted by atomic mass is 10.2. The van der Waals surface area contributed by atoms with Gasteiger partial charge in [-0.15, -0.1) is 0 Å². The standard InChI is InChI=1S/C16H23N3O3/c1-12(16(21)17(2)3)18-9-10-19(15(20)11-18)13-5-7-14(22-4)8-6-13/h5-8,12H,9-11H2,1-4H3. The molecule has 1 unspecified atom stereocenters. The van der Waals surface area contributed by atoms with Gasteiger partial charge in [0.2, 0.25) is 11.8 Å². The van der Waals surface area contributed by atoms with Crippen molar-refractivity contribution in [1.82, 2.24) is 9.80 Å². The van der Waals surface area contributed by atoms with Crippen LogP contribution in [0.4, 0.5) is 5.69 Å². The maximum Gasteiger partial charge on any atom is 0.241 e. The van der Waals surface area contributed by atoms with E-state index >= 15 is 0 Å². The zero-order chi connectivity index (χ0) is 16.3. The summed E-state index contributed by atoms with van der Waals surface area (Å²) in [5, 5.41) is 0. The number of carbonyl (C=O) groups excluding carboxylic acids is 2. The fourth-order valence-electron chi connectivity index (χ4n) is 2.59. The molecule has 2 amide bonds. The molecule has 0 saturated carbocycles. The summed E-state index contributed by atoms with van der Waals surface area (Å²) >= 11 is 0. The number of hydrogen-bond acceptors (Lipinski definition) is 4. The molecule has 0 radical (unpaired) electrons. The topological polar surface area (TPSA) is 53.1 Å². The van der Waals surface area contributed by atoms with Crippen LogP contribution in [0.3, 0.4) is 0 Å². The number of anilines is 1. The molecule has 0 aromatic heterocycles. The Morgan fingerprint density at radius 2 is 1.86 bits per heavy atom. The number of ether oxygens (including phenoxy) is 1. The molecule has 120 valence electrons. The molecule has 1 saturated heterocycles. The Hall–Kier alpha value is -2.08. The Kier molecular flexibility index (Phi) is 5.03. The Bertz CT molecular complexity index is 542. The normalized spacial score (nSPS) is 17.3. The van der Waals surface area contributed by atoms with Gasteiger partial charge < -0.3 is 14.5 Å². The van der Waals surface area contributed by atoms with Gasteiger partial charge >= 0.3 is 0 Å². The number of carbonyl (C=O) groups is 2. The van der Waals surface area contributed by atoms with Gasteiger partial charge in [-0.3, -0.25) is 14.5 Å². The third-order valence-electron chi connectivity index (χ3n) is 3.98. The van der Waals surface area contributed by atoms with Crippen molar-refractivity contribution in [3.63, 3.8) is 0 Å². The summed E-state index contributed by atoms with van der Waals surface area (Å²) < 4.78 is 5.13. The molecule has 1 aliphatic heterocycles. The van der Waals surface area contributed by atoms with E-state index in [-0.39, 0.29) is 24.4 Å². The number of likely N-dealkylation sites (N-methyl/N-ethyl adjacent to an activating group) is 1. The van der Waals surface area contributed by atoms with E-state index in [1.807, 2.05) is 36.1 Å². The molecule has 1 aliphatic rings. The zero-order valence-electron chi connectivity index (χ0n) is 13.6. The van der Waals surface area contributed by atoms with Crippen molar-refractivity contribution < 1.29 is 14.3 Å². The number of benzene rings is 1. The Balaban J connectivity index is 2.03. The second-order valence-electron chi connectivity index (χ2n) is 5.62. The highest BCUT2D eigenvalue weighted by atomic mass is 16.5. The monoisotopic (exact) mass is 305 g/mol. The van der Waals surface area contributed by atoms with Gasteiger partial charge in [0.15, 0.2) is 0 Å². The third kappa shape index (κ3) is 3.39. The van der Waals surface area contributed by atoms with Gasteiger partial charge in [0.05, 0.1) is 19.7 Å². The second-order valence-corrected chi connectivity index (χ2v) is 5.62. The molecule has 1 aromatic rings. The van der Waals surface area contributed by atoms with Crippen molar-refractivity contribution in [2.75, 3.05) is 45.7 Å². The minimum Gasteiger partial charge on any atom is -0.497 e. The highest BCUT2D eigenvalue weighted by Crippen LogP contribution is 2.21. The van der Waals surface area contributed by atoms with Crippen molar-refractivity contribution in [3.8, 4) is 5.75 Å². The molecule has 2 rings (SSSR count). The van der Waals surface area contributed by atoms with E-state index in [1.165, 1.54) is 0 Å². The molecular weight excluding hydrogens is 282 g/mol. The Labute approximate surface area is 131 Å². The van der Waals surface area contributed by atoms with E-state index in [4.69, 9.17) is 4.74 Å². The predicted octanol–water partition coefficient (Wildman–Crippen LogP) is 0.820. The van der Waals surface area contributed by atoms with Crippen LogP contribution in [0.2, 0.25) is 0 Å². The van der Waals surface area contributed by atoms with E-state index in [0.717, 1.165) is 11.4 Å². The minimum absolute atomic E-state index is 0.00910. The number of piperazine rings is 1. The largest absolute Gasteiger partial charge is 0.497 e. The maximum atomic E-state index is 12.4. The van der Waals surface area contributed by atoms with Crippen molar-refractivity contribution in [2.24, 2.45) is 0 Å². The average Bonchev–Trinajstić information content (AvgIpc) is 2.53. The summed E-state index contributed by atoms with van der Waals surface area (Å²) in [6, 6.07) is 7.15. The van der Waals surface area contributed by atoms with Crippen molar-refractivity contribution in [2.45, 2.75) is 13.0 Å².